The van der Waals surface area contributed by atoms with E-state index in [0.29, 0.717) is 22.0 Å². The van der Waals surface area contributed by atoms with E-state index in [2.05, 4.69) is 5.32 Å². The smallest absolute Gasteiger partial charge is 0.282 e. The van der Waals surface area contributed by atoms with Crippen LogP contribution in [0.5, 0.6) is 0 Å². The zero-order valence-corrected chi connectivity index (χ0v) is 17.8. The van der Waals surface area contributed by atoms with Crippen LogP contribution in [-0.2, 0) is 9.59 Å². The quantitative estimate of drug-likeness (QED) is 0.547. The van der Waals surface area contributed by atoms with Crippen molar-refractivity contribution in [2.75, 3.05) is 10.2 Å². The van der Waals surface area contributed by atoms with Gasteiger partial charge in [0.15, 0.2) is 0 Å². The maximum absolute atomic E-state index is 13.4. The van der Waals surface area contributed by atoms with Crippen molar-refractivity contribution in [3.63, 3.8) is 0 Å². The van der Waals surface area contributed by atoms with Crippen LogP contribution in [0.2, 0.25) is 5.02 Å². The molecule has 29 heavy (non-hydrogen) atoms. The van der Waals surface area contributed by atoms with Crippen molar-refractivity contribution in [2.45, 2.75) is 20.8 Å². The molecular weight excluding hydrogens is 404 g/mol. The largest absolute Gasteiger partial charge is 0.350 e. The van der Waals surface area contributed by atoms with Gasteiger partial charge in [-0.15, -0.1) is 11.3 Å². The number of carbonyl (C=O) groups is 2. The topological polar surface area (TPSA) is 49.4 Å². The first-order valence-corrected chi connectivity index (χ1v) is 10.4. The van der Waals surface area contributed by atoms with E-state index in [9.17, 15) is 9.59 Å². The number of amides is 2. The molecule has 0 unspecified atom stereocenters. The maximum Gasteiger partial charge on any atom is 0.282 e. The van der Waals surface area contributed by atoms with Gasteiger partial charge in [0.25, 0.3) is 11.8 Å². The van der Waals surface area contributed by atoms with Gasteiger partial charge in [0.2, 0.25) is 0 Å². The Balaban J connectivity index is 1.83. The Morgan fingerprint density at radius 2 is 1.72 bits per heavy atom. The number of rotatable bonds is 4. The van der Waals surface area contributed by atoms with Crippen LogP contribution in [0.3, 0.4) is 0 Å². The van der Waals surface area contributed by atoms with Crippen LogP contribution in [0.25, 0.3) is 5.57 Å². The molecule has 1 aliphatic heterocycles. The van der Waals surface area contributed by atoms with Crippen molar-refractivity contribution in [1.29, 1.82) is 0 Å². The van der Waals surface area contributed by atoms with E-state index >= 15 is 0 Å². The number of carbonyl (C=O) groups excluding carboxylic acids is 2. The third-order valence-electron chi connectivity index (χ3n) is 5.11. The molecule has 0 saturated carbocycles. The number of nitrogens with one attached hydrogen (secondary N) is 1. The third kappa shape index (κ3) is 3.37. The molecule has 2 amide bonds. The SMILES string of the molecule is Cc1ccc(NC2=C(c3cccs3)C(=O)N(c3cccc(C)c3C)C2=O)cc1Cl. The molecule has 0 radical (unpaired) electrons. The Morgan fingerprint density at radius 1 is 0.931 bits per heavy atom. The summed E-state index contributed by atoms with van der Waals surface area (Å²) in [5, 5.41) is 5.63. The van der Waals surface area contributed by atoms with Gasteiger partial charge in [-0.05, 0) is 67.1 Å². The number of imide groups is 1. The lowest BCUT2D eigenvalue weighted by Gasteiger charge is -2.19. The number of anilines is 2. The van der Waals surface area contributed by atoms with Crippen LogP contribution in [0.15, 0.2) is 59.6 Å². The summed E-state index contributed by atoms with van der Waals surface area (Å²) in [5.41, 5.74) is 4.77. The predicted molar refractivity (Wildman–Crippen MR) is 119 cm³/mol. The molecule has 3 aromatic rings. The standard InChI is InChI=1S/C23H19ClN2O2S/c1-13-6-4-7-18(15(13)3)26-22(27)20(19-8-5-11-29-19)21(23(26)28)25-16-10-9-14(2)17(24)12-16/h4-12,25H,1-3H3. The van der Waals surface area contributed by atoms with Crippen molar-refractivity contribution >= 4 is 51.7 Å². The number of hydrogen-bond donors (Lipinski definition) is 1. The first-order chi connectivity index (χ1) is 13.9. The zero-order valence-electron chi connectivity index (χ0n) is 16.2. The lowest BCUT2D eigenvalue weighted by Crippen LogP contribution is -2.33. The maximum atomic E-state index is 13.4. The van der Waals surface area contributed by atoms with Gasteiger partial charge in [-0.3, -0.25) is 9.59 Å². The molecule has 2 heterocycles. The molecule has 0 atom stereocenters. The minimum absolute atomic E-state index is 0.262. The number of nitrogens with zero attached hydrogens (tertiary/aromatic N) is 1. The molecule has 146 valence electrons. The lowest BCUT2D eigenvalue weighted by molar-refractivity contribution is -0.120. The lowest BCUT2D eigenvalue weighted by atomic mass is 10.1. The van der Waals surface area contributed by atoms with Crippen LogP contribution < -0.4 is 10.2 Å². The van der Waals surface area contributed by atoms with E-state index in [1.807, 2.05) is 62.5 Å². The Morgan fingerprint density at radius 3 is 2.41 bits per heavy atom. The highest BCUT2D eigenvalue weighted by Crippen LogP contribution is 2.37. The van der Waals surface area contributed by atoms with Gasteiger partial charge >= 0.3 is 0 Å². The number of thiophene rings is 1. The summed E-state index contributed by atoms with van der Waals surface area (Å²) in [7, 11) is 0. The van der Waals surface area contributed by atoms with Crippen LogP contribution in [0.4, 0.5) is 11.4 Å². The molecule has 1 aromatic heterocycles. The number of halogens is 1. The second-order valence-electron chi connectivity index (χ2n) is 6.98. The molecule has 0 saturated heterocycles. The highest BCUT2D eigenvalue weighted by atomic mass is 35.5. The van der Waals surface area contributed by atoms with Crippen molar-refractivity contribution in [2.24, 2.45) is 0 Å². The summed E-state index contributed by atoms with van der Waals surface area (Å²) in [6, 6.07) is 14.8. The van der Waals surface area contributed by atoms with Gasteiger partial charge in [0.05, 0.1) is 11.3 Å². The zero-order chi connectivity index (χ0) is 20.7. The average molecular weight is 423 g/mol. The summed E-state index contributed by atoms with van der Waals surface area (Å²) in [6.45, 7) is 5.79. The van der Waals surface area contributed by atoms with E-state index in [0.717, 1.165) is 21.6 Å². The molecule has 1 aliphatic rings. The Kier molecular flexibility index (Phi) is 5.03. The third-order valence-corrected chi connectivity index (χ3v) is 6.40. The van der Waals surface area contributed by atoms with E-state index in [1.54, 1.807) is 12.1 Å². The van der Waals surface area contributed by atoms with Crippen molar-refractivity contribution in [1.82, 2.24) is 0 Å². The van der Waals surface area contributed by atoms with Gasteiger partial charge in [0, 0.05) is 15.6 Å². The monoisotopic (exact) mass is 422 g/mol. The van der Waals surface area contributed by atoms with Gasteiger partial charge in [0.1, 0.15) is 5.70 Å². The second kappa shape index (κ2) is 7.50. The minimum Gasteiger partial charge on any atom is -0.350 e. The van der Waals surface area contributed by atoms with Crippen molar-refractivity contribution in [3.05, 3.63) is 86.2 Å². The van der Waals surface area contributed by atoms with E-state index < -0.39 is 0 Å². The first kappa shape index (κ1) is 19.4. The fourth-order valence-corrected chi connectivity index (χ4v) is 4.26. The van der Waals surface area contributed by atoms with Crippen LogP contribution in [0.1, 0.15) is 21.6 Å². The van der Waals surface area contributed by atoms with Gasteiger partial charge in [-0.2, -0.15) is 0 Å². The number of hydrogen-bond acceptors (Lipinski definition) is 4. The molecule has 2 aromatic carbocycles. The minimum atomic E-state index is -0.371. The van der Waals surface area contributed by atoms with Crippen LogP contribution >= 0.6 is 22.9 Å². The fourth-order valence-electron chi connectivity index (χ4n) is 3.31. The fraction of sp³-hybridized carbons (Fsp3) is 0.130. The van der Waals surface area contributed by atoms with Gasteiger partial charge in [-0.25, -0.2) is 4.90 Å². The van der Waals surface area contributed by atoms with Crippen molar-refractivity contribution in [3.8, 4) is 0 Å². The number of aryl methyl sites for hydroxylation is 2. The van der Waals surface area contributed by atoms with Gasteiger partial charge in [-0.1, -0.05) is 35.9 Å². The molecule has 1 N–H and O–H groups in total. The molecule has 4 rings (SSSR count). The Hall–Kier alpha value is -2.89. The van der Waals surface area contributed by atoms with E-state index in [1.165, 1.54) is 16.2 Å². The molecule has 4 nitrogen and oxygen atoms in total. The summed E-state index contributed by atoms with van der Waals surface area (Å²) in [4.78, 5) is 28.8. The summed E-state index contributed by atoms with van der Waals surface area (Å²) >= 11 is 7.67. The van der Waals surface area contributed by atoms with Crippen LogP contribution in [-0.4, -0.2) is 11.8 Å². The highest BCUT2D eigenvalue weighted by molar-refractivity contribution is 7.11. The van der Waals surface area contributed by atoms with E-state index in [4.69, 9.17) is 11.6 Å². The highest BCUT2D eigenvalue weighted by Gasteiger charge is 2.41. The Labute approximate surface area is 178 Å². The summed E-state index contributed by atoms with van der Waals surface area (Å²) in [6.07, 6.45) is 0. The van der Waals surface area contributed by atoms with E-state index in [-0.39, 0.29) is 17.5 Å². The average Bonchev–Trinajstić information content (AvgIpc) is 3.28. The number of benzene rings is 2. The van der Waals surface area contributed by atoms with Crippen LogP contribution in [0, 0.1) is 20.8 Å². The second-order valence-corrected chi connectivity index (χ2v) is 8.34. The van der Waals surface area contributed by atoms with Gasteiger partial charge < -0.3 is 5.32 Å². The molecule has 6 heteroatoms. The first-order valence-electron chi connectivity index (χ1n) is 9.15. The molecular formula is C23H19ClN2O2S. The predicted octanol–water partition coefficient (Wildman–Crippen LogP) is 5.72. The Bertz CT molecular complexity index is 1170. The summed E-state index contributed by atoms with van der Waals surface area (Å²) in [5.74, 6) is -0.698. The van der Waals surface area contributed by atoms with Crippen molar-refractivity contribution < 1.29 is 9.59 Å². The summed E-state index contributed by atoms with van der Waals surface area (Å²) < 4.78 is 0. The molecule has 0 fully saturated rings. The molecule has 0 spiro atoms. The molecule has 0 bridgehead atoms. The molecule has 0 aliphatic carbocycles. The normalized spacial score (nSPS) is 14.1.